The van der Waals surface area contributed by atoms with E-state index in [4.69, 9.17) is 5.63 Å². The van der Waals surface area contributed by atoms with Gasteiger partial charge in [-0.25, -0.2) is 0 Å². The molecule has 0 aromatic rings. The molecule has 15 heavy (non-hydrogen) atoms. The molecule has 0 spiro atoms. The zero-order valence-electron chi connectivity index (χ0n) is 9.73. The third-order valence-corrected chi connectivity index (χ3v) is 10.1. The quantitative estimate of drug-likeness (QED) is 0.459. The molecule has 0 unspecified atom stereocenters. The van der Waals surface area contributed by atoms with Gasteiger partial charge in [0.1, 0.15) is 0 Å². The van der Waals surface area contributed by atoms with Crippen molar-refractivity contribution in [3.63, 3.8) is 0 Å². The van der Waals surface area contributed by atoms with E-state index in [9.17, 15) is 0 Å². The summed E-state index contributed by atoms with van der Waals surface area (Å²) in [6.45, 7) is 6.02. The van der Waals surface area contributed by atoms with Gasteiger partial charge in [-0.05, 0) is 0 Å². The van der Waals surface area contributed by atoms with Crippen LogP contribution in [-0.4, -0.2) is 13.2 Å². The minimum absolute atomic E-state index is 0.814. The summed E-state index contributed by atoms with van der Waals surface area (Å²) in [5, 5.41) is 0. The van der Waals surface area contributed by atoms with Crippen molar-refractivity contribution in [2.24, 2.45) is 0 Å². The zero-order valence-corrected chi connectivity index (χ0v) is 15.4. The molecule has 0 rings (SSSR count). The van der Waals surface area contributed by atoms with Crippen molar-refractivity contribution in [1.82, 2.24) is 0 Å². The van der Waals surface area contributed by atoms with E-state index in [0.717, 1.165) is 26.1 Å². The van der Waals surface area contributed by atoms with Crippen LogP contribution in [0.5, 0.6) is 0 Å². The van der Waals surface area contributed by atoms with Gasteiger partial charge in [0, 0.05) is 0 Å². The first-order valence-electron chi connectivity index (χ1n) is 5.78. The summed E-state index contributed by atoms with van der Waals surface area (Å²) < 4.78 is 11.5. The Bertz CT molecular complexity index is 131. The predicted octanol–water partition coefficient (Wildman–Crippen LogP) is 5.00. The Balaban J connectivity index is 3.40. The van der Waals surface area contributed by atoms with Crippen LogP contribution in [-0.2, 0) is 22.1 Å². The molecule has 0 saturated carbocycles. The van der Waals surface area contributed by atoms with E-state index in [2.05, 4.69) is 38.3 Å². The number of hydrogen-bond acceptors (Lipinski definition) is 2. The van der Waals surface area contributed by atoms with Gasteiger partial charge >= 0.3 is 112 Å². The second-order valence-electron chi connectivity index (χ2n) is 3.57. The topological polar surface area (TPSA) is 18.5 Å². The van der Waals surface area contributed by atoms with Crippen LogP contribution >= 0.6 is 24.4 Å². The molecule has 0 N–H and O–H groups in total. The molecule has 0 amide bonds. The molecular formula is C10H22Br2O2Zr. The van der Waals surface area contributed by atoms with Gasteiger partial charge < -0.3 is 0 Å². The van der Waals surface area contributed by atoms with Gasteiger partial charge in [-0.2, -0.15) is 0 Å². The third-order valence-electron chi connectivity index (χ3n) is 2.04. The van der Waals surface area contributed by atoms with Crippen LogP contribution in [0.3, 0.4) is 0 Å². The SMILES string of the molecule is CCCCC[O][Zr]([Br])([Br])[O]CCCCC. The van der Waals surface area contributed by atoms with Gasteiger partial charge in [-0.3, -0.25) is 0 Å². The summed E-state index contributed by atoms with van der Waals surface area (Å²) in [5.74, 6) is 0. The van der Waals surface area contributed by atoms with Gasteiger partial charge in [-0.1, -0.05) is 0 Å². The van der Waals surface area contributed by atoms with Gasteiger partial charge in [0.2, 0.25) is 0 Å². The number of halogens is 2. The summed E-state index contributed by atoms with van der Waals surface area (Å²) >= 11 is 4.24. The fourth-order valence-corrected chi connectivity index (χ4v) is 7.04. The second-order valence-corrected chi connectivity index (χ2v) is 25.9. The number of hydrogen-bond donors (Lipinski definition) is 0. The van der Waals surface area contributed by atoms with E-state index in [0.29, 0.717) is 0 Å². The maximum atomic E-state index is 5.73. The standard InChI is InChI=1S/2C5H11O.2BrH.Zr/c2*1-2-3-4-5-6;;;/h2*2-5H2,1H3;2*1H;/q2*-1;;;+4/p-2. The second kappa shape index (κ2) is 10.9. The van der Waals surface area contributed by atoms with Crippen molar-refractivity contribution in [2.75, 3.05) is 13.2 Å². The number of unbranched alkanes of at least 4 members (excludes halogenated alkanes) is 4. The Morgan fingerprint density at radius 2 is 1.20 bits per heavy atom. The molecule has 0 aromatic carbocycles. The van der Waals surface area contributed by atoms with Gasteiger partial charge in [0.05, 0.1) is 0 Å². The van der Waals surface area contributed by atoms with Crippen LogP contribution in [0.2, 0.25) is 0 Å². The average molecular weight is 425 g/mol. The Hall–Kier alpha value is 1.76. The van der Waals surface area contributed by atoms with Gasteiger partial charge in [0.25, 0.3) is 0 Å². The van der Waals surface area contributed by atoms with Crippen LogP contribution in [0.15, 0.2) is 0 Å². The summed E-state index contributed by atoms with van der Waals surface area (Å²) in [5.41, 5.74) is 0. The molecule has 92 valence electrons. The van der Waals surface area contributed by atoms with Crippen molar-refractivity contribution < 1.29 is 22.1 Å². The molecular weight excluding hydrogens is 403 g/mol. The molecule has 2 nitrogen and oxygen atoms in total. The Kier molecular flexibility index (Phi) is 12.2. The fourth-order valence-electron chi connectivity index (χ4n) is 1.13. The molecule has 0 bridgehead atoms. The van der Waals surface area contributed by atoms with Crippen molar-refractivity contribution in [3.05, 3.63) is 0 Å². The van der Waals surface area contributed by atoms with Crippen LogP contribution in [0, 0.1) is 0 Å². The number of rotatable bonds is 10. The van der Waals surface area contributed by atoms with Crippen LogP contribution in [0.1, 0.15) is 52.4 Å². The fraction of sp³-hybridized carbons (Fsp3) is 1.00. The van der Waals surface area contributed by atoms with Crippen molar-refractivity contribution in [2.45, 2.75) is 52.4 Å². The molecule has 0 aliphatic rings. The van der Waals surface area contributed by atoms with E-state index in [1.165, 1.54) is 25.7 Å². The molecule has 0 fully saturated rings. The van der Waals surface area contributed by atoms with Gasteiger partial charge in [-0.15, -0.1) is 0 Å². The summed E-state index contributed by atoms with van der Waals surface area (Å²) in [6, 6.07) is 0. The molecule has 0 heterocycles. The first kappa shape index (κ1) is 16.8. The molecule has 0 saturated heterocycles. The normalized spacial score (nSPS) is 12.0. The van der Waals surface area contributed by atoms with E-state index in [1.54, 1.807) is 0 Å². The van der Waals surface area contributed by atoms with E-state index in [-0.39, 0.29) is 0 Å². The molecule has 0 atom stereocenters. The summed E-state index contributed by atoms with van der Waals surface area (Å²) in [7, 11) is 0. The summed E-state index contributed by atoms with van der Waals surface area (Å²) in [6.07, 6.45) is 7.19. The first-order valence-corrected chi connectivity index (χ1v) is 19.0. The van der Waals surface area contributed by atoms with E-state index < -0.39 is 16.4 Å². The van der Waals surface area contributed by atoms with Crippen molar-refractivity contribution in [3.8, 4) is 0 Å². The van der Waals surface area contributed by atoms with Crippen LogP contribution in [0.25, 0.3) is 0 Å². The average Bonchev–Trinajstić information content (AvgIpc) is 2.20. The molecule has 0 aliphatic heterocycles. The molecule has 0 radical (unpaired) electrons. The zero-order chi connectivity index (χ0) is 11.6. The molecule has 0 aromatic heterocycles. The van der Waals surface area contributed by atoms with E-state index >= 15 is 0 Å². The maximum absolute atomic E-state index is 5.73. The summed E-state index contributed by atoms with van der Waals surface area (Å²) in [4.78, 5) is 0. The Morgan fingerprint density at radius 1 is 0.800 bits per heavy atom. The Labute approximate surface area is 111 Å². The minimum atomic E-state index is -2.90. The van der Waals surface area contributed by atoms with Crippen LogP contribution < -0.4 is 0 Å². The van der Waals surface area contributed by atoms with Gasteiger partial charge in [0.15, 0.2) is 0 Å². The predicted molar refractivity (Wildman–Crippen MR) is 68.8 cm³/mol. The van der Waals surface area contributed by atoms with Crippen molar-refractivity contribution in [1.29, 1.82) is 0 Å². The monoisotopic (exact) mass is 422 g/mol. The third kappa shape index (κ3) is 12.0. The van der Waals surface area contributed by atoms with E-state index in [1.807, 2.05) is 0 Å². The van der Waals surface area contributed by atoms with Crippen molar-refractivity contribution >= 4 is 24.4 Å². The molecule has 5 heteroatoms. The molecule has 0 aliphatic carbocycles. The first-order chi connectivity index (χ1) is 7.12. The van der Waals surface area contributed by atoms with Crippen LogP contribution in [0.4, 0.5) is 0 Å². The Morgan fingerprint density at radius 3 is 1.53 bits per heavy atom.